The highest BCUT2D eigenvalue weighted by Crippen LogP contribution is 2.09. The van der Waals surface area contributed by atoms with Gasteiger partial charge in [0.15, 0.2) is 0 Å². The Morgan fingerprint density at radius 3 is 2.27 bits per heavy atom. The summed E-state index contributed by atoms with van der Waals surface area (Å²) in [7, 11) is 2.26. The summed E-state index contributed by atoms with van der Waals surface area (Å²) >= 11 is 0. The first-order valence-corrected chi connectivity index (χ1v) is 5.40. The highest BCUT2D eigenvalue weighted by Gasteiger charge is 1.92. The quantitative estimate of drug-likeness (QED) is 0.564. The van der Waals surface area contributed by atoms with E-state index in [0.29, 0.717) is 0 Å². The van der Waals surface area contributed by atoms with Crippen molar-refractivity contribution in [3.05, 3.63) is 30.3 Å². The number of unbranched alkanes of at least 4 members (excludes halogenated alkanes) is 2. The van der Waals surface area contributed by atoms with Gasteiger partial charge in [-0.1, -0.05) is 18.2 Å². The maximum absolute atomic E-state index is 5.54. The predicted octanol–water partition coefficient (Wildman–Crippen LogP) is 3.62. The standard InChI is InChI=1S/C11H17O2P.BrH/c14-13-10-6-2-5-9-12-11-7-3-1-4-8-11;/h1,3-4,7-8H,2,5-6,9-10,14H2;1H. The van der Waals surface area contributed by atoms with E-state index in [9.17, 15) is 0 Å². The summed E-state index contributed by atoms with van der Waals surface area (Å²) in [5.74, 6) is 0.954. The van der Waals surface area contributed by atoms with Crippen LogP contribution in [0.15, 0.2) is 30.3 Å². The molecule has 15 heavy (non-hydrogen) atoms. The molecule has 0 aromatic heterocycles. The van der Waals surface area contributed by atoms with Crippen molar-refractivity contribution in [3.63, 3.8) is 0 Å². The van der Waals surface area contributed by atoms with E-state index in [1.165, 1.54) is 0 Å². The molecule has 86 valence electrons. The van der Waals surface area contributed by atoms with Crippen LogP contribution in [0.25, 0.3) is 0 Å². The van der Waals surface area contributed by atoms with Crippen LogP contribution in [0.4, 0.5) is 0 Å². The maximum atomic E-state index is 5.54. The highest BCUT2D eigenvalue weighted by molar-refractivity contribution is 8.93. The molecule has 0 saturated carbocycles. The maximum Gasteiger partial charge on any atom is 0.119 e. The van der Waals surface area contributed by atoms with E-state index in [-0.39, 0.29) is 17.0 Å². The zero-order valence-electron chi connectivity index (χ0n) is 8.72. The Morgan fingerprint density at radius 1 is 0.933 bits per heavy atom. The zero-order chi connectivity index (χ0) is 10.1. The molecule has 2 nitrogen and oxygen atoms in total. The van der Waals surface area contributed by atoms with Crippen LogP contribution in [0.5, 0.6) is 5.75 Å². The van der Waals surface area contributed by atoms with Crippen LogP contribution in [-0.4, -0.2) is 13.2 Å². The van der Waals surface area contributed by atoms with Gasteiger partial charge < -0.3 is 9.26 Å². The largest absolute Gasteiger partial charge is 0.494 e. The first kappa shape index (κ1) is 14.9. The molecule has 0 saturated heterocycles. The molecule has 0 bridgehead atoms. The lowest BCUT2D eigenvalue weighted by molar-refractivity contribution is 0.293. The molecule has 0 spiro atoms. The van der Waals surface area contributed by atoms with Crippen LogP contribution in [0.1, 0.15) is 19.3 Å². The second-order valence-electron chi connectivity index (χ2n) is 3.09. The molecule has 0 radical (unpaired) electrons. The summed E-state index contributed by atoms with van der Waals surface area (Å²) in [6, 6.07) is 9.91. The molecule has 0 amide bonds. The number of hydrogen-bond donors (Lipinski definition) is 0. The first-order chi connectivity index (χ1) is 6.93. The van der Waals surface area contributed by atoms with E-state index in [0.717, 1.165) is 38.2 Å². The van der Waals surface area contributed by atoms with Crippen molar-refractivity contribution in [2.24, 2.45) is 0 Å². The Bertz CT molecular complexity index is 231. The minimum absolute atomic E-state index is 0. The van der Waals surface area contributed by atoms with Crippen molar-refractivity contribution in [1.82, 2.24) is 0 Å². The molecule has 0 aliphatic carbocycles. The van der Waals surface area contributed by atoms with Gasteiger partial charge in [-0.3, -0.25) is 0 Å². The monoisotopic (exact) mass is 292 g/mol. The molecule has 1 aromatic rings. The molecular weight excluding hydrogens is 275 g/mol. The van der Waals surface area contributed by atoms with Gasteiger partial charge >= 0.3 is 0 Å². The lowest BCUT2D eigenvalue weighted by atomic mass is 10.2. The van der Waals surface area contributed by atoms with Crippen molar-refractivity contribution in [2.75, 3.05) is 13.2 Å². The third-order valence-electron chi connectivity index (χ3n) is 1.92. The van der Waals surface area contributed by atoms with Crippen molar-refractivity contribution >= 4 is 26.4 Å². The Labute approximate surface area is 104 Å². The van der Waals surface area contributed by atoms with Crippen LogP contribution in [0.2, 0.25) is 0 Å². The first-order valence-electron chi connectivity index (χ1n) is 4.93. The molecule has 0 N–H and O–H groups in total. The minimum atomic E-state index is 0. The van der Waals surface area contributed by atoms with Gasteiger partial charge in [0.05, 0.1) is 13.2 Å². The van der Waals surface area contributed by atoms with Gasteiger partial charge in [0.25, 0.3) is 0 Å². The number of hydrogen-bond acceptors (Lipinski definition) is 2. The van der Waals surface area contributed by atoms with Crippen molar-refractivity contribution in [3.8, 4) is 5.75 Å². The molecule has 0 aliphatic rings. The highest BCUT2D eigenvalue weighted by atomic mass is 79.9. The van der Waals surface area contributed by atoms with E-state index in [4.69, 9.17) is 9.26 Å². The zero-order valence-corrected chi connectivity index (χ0v) is 11.6. The number of benzene rings is 1. The van der Waals surface area contributed by atoms with E-state index in [1.807, 2.05) is 30.3 Å². The lowest BCUT2D eigenvalue weighted by Gasteiger charge is -2.05. The average Bonchev–Trinajstić information content (AvgIpc) is 2.25. The summed E-state index contributed by atoms with van der Waals surface area (Å²) in [6.45, 7) is 1.61. The lowest BCUT2D eigenvalue weighted by Crippen LogP contribution is -1.97. The SMILES string of the molecule is Br.POCCCCCOc1ccccc1. The number of rotatable bonds is 7. The van der Waals surface area contributed by atoms with E-state index < -0.39 is 0 Å². The van der Waals surface area contributed by atoms with Crippen molar-refractivity contribution in [1.29, 1.82) is 0 Å². The van der Waals surface area contributed by atoms with Crippen LogP contribution >= 0.6 is 26.4 Å². The van der Waals surface area contributed by atoms with Gasteiger partial charge in [-0.2, -0.15) is 0 Å². The minimum Gasteiger partial charge on any atom is -0.494 e. The van der Waals surface area contributed by atoms with Gasteiger partial charge in [-0.15, -0.1) is 17.0 Å². The predicted molar refractivity (Wildman–Crippen MR) is 71.8 cm³/mol. The molecule has 4 heteroatoms. The van der Waals surface area contributed by atoms with E-state index in [2.05, 4.69) is 9.47 Å². The second kappa shape index (κ2) is 10.4. The fourth-order valence-corrected chi connectivity index (χ4v) is 1.34. The molecule has 1 aromatic carbocycles. The normalized spacial score (nSPS) is 9.40. The second-order valence-corrected chi connectivity index (χ2v) is 3.43. The van der Waals surface area contributed by atoms with Gasteiger partial charge in [0.2, 0.25) is 0 Å². The fourth-order valence-electron chi connectivity index (χ4n) is 1.17. The molecule has 0 fully saturated rings. The number of para-hydroxylation sites is 1. The van der Waals surface area contributed by atoms with Gasteiger partial charge in [0, 0.05) is 9.47 Å². The van der Waals surface area contributed by atoms with E-state index in [1.54, 1.807) is 0 Å². The molecule has 0 aliphatic heterocycles. The number of halogens is 1. The van der Waals surface area contributed by atoms with Gasteiger partial charge in [0.1, 0.15) is 5.75 Å². The Kier molecular flexibility index (Phi) is 10.3. The smallest absolute Gasteiger partial charge is 0.119 e. The molecule has 1 rings (SSSR count). The Balaban J connectivity index is 0.00000196. The van der Waals surface area contributed by atoms with Gasteiger partial charge in [-0.25, -0.2) is 0 Å². The van der Waals surface area contributed by atoms with Crippen LogP contribution in [0.3, 0.4) is 0 Å². The summed E-state index contributed by atoms with van der Waals surface area (Å²) < 4.78 is 10.4. The fraction of sp³-hybridized carbons (Fsp3) is 0.455. The number of ether oxygens (including phenoxy) is 1. The third-order valence-corrected chi connectivity index (χ3v) is 2.15. The molecule has 1 unspecified atom stereocenters. The summed E-state index contributed by atoms with van der Waals surface area (Å²) in [5, 5.41) is 0. The van der Waals surface area contributed by atoms with Crippen LogP contribution in [0, 0.1) is 0 Å². The Hall–Kier alpha value is -0.110. The topological polar surface area (TPSA) is 18.5 Å². The molecule has 1 atom stereocenters. The van der Waals surface area contributed by atoms with Crippen molar-refractivity contribution in [2.45, 2.75) is 19.3 Å². The van der Waals surface area contributed by atoms with E-state index >= 15 is 0 Å². The van der Waals surface area contributed by atoms with Crippen LogP contribution < -0.4 is 4.74 Å². The molecule has 0 heterocycles. The molecular formula is C11H18BrO2P. The summed E-state index contributed by atoms with van der Waals surface area (Å²) in [6.07, 6.45) is 3.34. The van der Waals surface area contributed by atoms with Crippen molar-refractivity contribution < 1.29 is 9.26 Å². The third kappa shape index (κ3) is 7.78. The summed E-state index contributed by atoms with van der Waals surface area (Å²) in [4.78, 5) is 0. The van der Waals surface area contributed by atoms with Gasteiger partial charge in [-0.05, 0) is 31.4 Å². The summed E-state index contributed by atoms with van der Waals surface area (Å²) in [5.41, 5.74) is 0. The average molecular weight is 293 g/mol. The van der Waals surface area contributed by atoms with Crippen LogP contribution in [-0.2, 0) is 4.52 Å². The Morgan fingerprint density at radius 2 is 1.60 bits per heavy atom.